The van der Waals surface area contributed by atoms with Crippen LogP contribution in [0.5, 0.6) is 0 Å². The van der Waals surface area contributed by atoms with Crippen LogP contribution >= 0.6 is 0 Å². The third-order valence-corrected chi connectivity index (χ3v) is 4.20. The maximum Gasteiger partial charge on any atom is 0.226 e. The summed E-state index contributed by atoms with van der Waals surface area (Å²) in [6.45, 7) is 2.77. The third kappa shape index (κ3) is 3.79. The van der Waals surface area contributed by atoms with E-state index in [9.17, 15) is 4.79 Å². The summed E-state index contributed by atoms with van der Waals surface area (Å²) in [6.07, 6.45) is 5.68. The molecule has 1 aromatic carbocycles. The molecule has 0 fully saturated rings. The number of fused-ring (bicyclic) bond motifs is 1. The van der Waals surface area contributed by atoms with Crippen molar-refractivity contribution in [3.63, 3.8) is 0 Å². The van der Waals surface area contributed by atoms with Crippen molar-refractivity contribution in [1.29, 1.82) is 0 Å². The lowest BCUT2D eigenvalue weighted by Gasteiger charge is -2.17. The number of H-pyrrole nitrogens is 1. The van der Waals surface area contributed by atoms with Crippen LogP contribution in [-0.2, 0) is 24.1 Å². The van der Waals surface area contributed by atoms with E-state index < -0.39 is 0 Å². The van der Waals surface area contributed by atoms with Gasteiger partial charge in [-0.1, -0.05) is 13.0 Å². The highest BCUT2D eigenvalue weighted by atomic mass is 16.2. The predicted molar refractivity (Wildman–Crippen MR) is 94.8 cm³/mol. The molecule has 0 saturated heterocycles. The Balaban J connectivity index is 1.61. The number of benzene rings is 1. The highest BCUT2D eigenvalue weighted by Gasteiger charge is 2.11. The Morgan fingerprint density at radius 3 is 2.71 bits per heavy atom. The Bertz CT molecular complexity index is 826. The van der Waals surface area contributed by atoms with Crippen LogP contribution in [0.3, 0.4) is 0 Å². The van der Waals surface area contributed by atoms with Crippen molar-refractivity contribution in [2.24, 2.45) is 0 Å². The molecule has 0 unspecified atom stereocenters. The molecule has 0 radical (unpaired) electrons. The van der Waals surface area contributed by atoms with Crippen LogP contribution in [0.4, 0.5) is 0 Å². The summed E-state index contributed by atoms with van der Waals surface area (Å²) in [5, 5.41) is 0. The van der Waals surface area contributed by atoms with E-state index >= 15 is 0 Å². The highest BCUT2D eigenvalue weighted by molar-refractivity contribution is 5.81. The zero-order valence-corrected chi connectivity index (χ0v) is 14.1. The fourth-order valence-electron chi connectivity index (χ4n) is 2.67. The van der Waals surface area contributed by atoms with Gasteiger partial charge >= 0.3 is 0 Å². The van der Waals surface area contributed by atoms with Crippen molar-refractivity contribution >= 4 is 16.9 Å². The zero-order valence-electron chi connectivity index (χ0n) is 14.1. The Kier molecular flexibility index (Phi) is 4.89. The Morgan fingerprint density at radius 2 is 1.96 bits per heavy atom. The molecule has 1 amide bonds. The second-order valence-electron chi connectivity index (χ2n) is 5.99. The predicted octanol–water partition coefficient (Wildman–Crippen LogP) is 2.76. The molecule has 3 aromatic rings. The molecule has 5 nitrogen and oxygen atoms in total. The monoisotopic (exact) mass is 322 g/mol. The van der Waals surface area contributed by atoms with Gasteiger partial charge in [-0.3, -0.25) is 9.78 Å². The number of pyridine rings is 1. The number of amides is 1. The summed E-state index contributed by atoms with van der Waals surface area (Å²) in [6, 6.07) is 9.95. The van der Waals surface area contributed by atoms with Gasteiger partial charge in [-0.25, -0.2) is 4.98 Å². The lowest BCUT2D eigenvalue weighted by Crippen LogP contribution is -2.30. The van der Waals surface area contributed by atoms with Crippen LogP contribution in [-0.4, -0.2) is 39.4 Å². The Hall–Kier alpha value is -2.69. The van der Waals surface area contributed by atoms with Gasteiger partial charge in [0.15, 0.2) is 0 Å². The van der Waals surface area contributed by atoms with E-state index in [4.69, 9.17) is 0 Å². The molecular formula is C19H22N4O. The molecule has 0 aliphatic carbocycles. The molecule has 24 heavy (non-hydrogen) atoms. The molecule has 0 spiro atoms. The summed E-state index contributed by atoms with van der Waals surface area (Å²) in [5.74, 6) is 1.10. The van der Waals surface area contributed by atoms with Gasteiger partial charge in [-0.15, -0.1) is 0 Å². The van der Waals surface area contributed by atoms with Gasteiger partial charge < -0.3 is 9.88 Å². The lowest BCUT2D eigenvalue weighted by atomic mass is 10.1. The molecule has 124 valence electrons. The molecule has 3 rings (SSSR count). The maximum atomic E-state index is 12.4. The molecule has 0 atom stereocenters. The first kappa shape index (κ1) is 16.2. The summed E-state index contributed by atoms with van der Waals surface area (Å²) in [7, 11) is 1.85. The summed E-state index contributed by atoms with van der Waals surface area (Å²) in [5.41, 5.74) is 4.15. The molecule has 0 bridgehead atoms. The first-order valence-corrected chi connectivity index (χ1v) is 8.26. The SMILES string of the molecule is CCc1nc2ccc(CC(=O)N(C)CCc3ccncc3)cc2[nH]1. The number of aryl methyl sites for hydroxylation is 1. The number of hydrogen-bond acceptors (Lipinski definition) is 3. The smallest absolute Gasteiger partial charge is 0.226 e. The van der Waals surface area contributed by atoms with E-state index in [2.05, 4.69) is 21.9 Å². The number of aromatic nitrogens is 3. The Labute approximate surface area is 141 Å². The number of nitrogens with one attached hydrogen (secondary N) is 1. The van der Waals surface area contributed by atoms with Crippen molar-refractivity contribution in [2.75, 3.05) is 13.6 Å². The van der Waals surface area contributed by atoms with Gasteiger partial charge in [0.25, 0.3) is 0 Å². The van der Waals surface area contributed by atoms with Gasteiger partial charge in [0.1, 0.15) is 5.82 Å². The largest absolute Gasteiger partial charge is 0.345 e. The van der Waals surface area contributed by atoms with Crippen molar-refractivity contribution in [1.82, 2.24) is 19.9 Å². The van der Waals surface area contributed by atoms with Crippen LogP contribution in [0.2, 0.25) is 0 Å². The van der Waals surface area contributed by atoms with Gasteiger partial charge in [0.05, 0.1) is 17.5 Å². The maximum absolute atomic E-state index is 12.4. The molecule has 0 aliphatic rings. The molecule has 2 heterocycles. The molecular weight excluding hydrogens is 300 g/mol. The number of rotatable bonds is 6. The lowest BCUT2D eigenvalue weighted by molar-refractivity contribution is -0.129. The van der Waals surface area contributed by atoms with E-state index in [1.165, 1.54) is 5.56 Å². The standard InChI is InChI=1S/C19H22N4O/c1-3-18-21-16-5-4-15(12-17(16)22-18)13-19(24)23(2)11-8-14-6-9-20-10-7-14/h4-7,9-10,12H,3,8,11,13H2,1-2H3,(H,21,22). The van der Waals surface area contributed by atoms with E-state index in [1.54, 1.807) is 17.3 Å². The van der Waals surface area contributed by atoms with Crippen molar-refractivity contribution in [3.05, 3.63) is 59.7 Å². The minimum atomic E-state index is 0.124. The summed E-state index contributed by atoms with van der Waals surface area (Å²) in [4.78, 5) is 26.0. The van der Waals surface area contributed by atoms with Crippen LogP contribution in [0.1, 0.15) is 23.9 Å². The quantitative estimate of drug-likeness (QED) is 0.759. The number of carbonyl (C=O) groups is 1. The van der Waals surface area contributed by atoms with Crippen molar-refractivity contribution in [3.8, 4) is 0 Å². The molecule has 0 saturated carbocycles. The first-order chi connectivity index (χ1) is 11.7. The fraction of sp³-hybridized carbons (Fsp3) is 0.316. The number of likely N-dealkylation sites (N-methyl/N-ethyl adjacent to an activating group) is 1. The van der Waals surface area contributed by atoms with Gasteiger partial charge in [0, 0.05) is 32.4 Å². The molecule has 1 N–H and O–H groups in total. The van der Waals surface area contributed by atoms with Gasteiger partial charge in [-0.05, 0) is 41.8 Å². The average molecular weight is 322 g/mol. The number of hydrogen-bond donors (Lipinski definition) is 1. The van der Waals surface area contributed by atoms with E-state index in [-0.39, 0.29) is 5.91 Å². The second kappa shape index (κ2) is 7.25. The number of aromatic amines is 1. The third-order valence-electron chi connectivity index (χ3n) is 4.20. The fourth-order valence-corrected chi connectivity index (χ4v) is 2.67. The van der Waals surface area contributed by atoms with Crippen molar-refractivity contribution in [2.45, 2.75) is 26.2 Å². The van der Waals surface area contributed by atoms with E-state index in [0.717, 1.165) is 35.3 Å². The summed E-state index contributed by atoms with van der Waals surface area (Å²) >= 11 is 0. The number of imidazole rings is 1. The van der Waals surface area contributed by atoms with Crippen LogP contribution in [0.25, 0.3) is 11.0 Å². The molecule has 5 heteroatoms. The van der Waals surface area contributed by atoms with Crippen LogP contribution < -0.4 is 0 Å². The average Bonchev–Trinajstić information content (AvgIpc) is 3.03. The minimum absolute atomic E-state index is 0.124. The number of nitrogens with zero attached hydrogens (tertiary/aromatic N) is 3. The second-order valence-corrected chi connectivity index (χ2v) is 5.99. The topological polar surface area (TPSA) is 61.9 Å². The summed E-state index contributed by atoms with van der Waals surface area (Å²) < 4.78 is 0. The minimum Gasteiger partial charge on any atom is -0.345 e. The van der Waals surface area contributed by atoms with Crippen LogP contribution in [0, 0.1) is 0 Å². The van der Waals surface area contributed by atoms with Crippen molar-refractivity contribution < 1.29 is 4.79 Å². The number of carbonyl (C=O) groups excluding carboxylic acids is 1. The highest BCUT2D eigenvalue weighted by Crippen LogP contribution is 2.15. The van der Waals surface area contributed by atoms with Gasteiger partial charge in [-0.2, -0.15) is 0 Å². The normalized spacial score (nSPS) is 10.9. The van der Waals surface area contributed by atoms with Crippen LogP contribution in [0.15, 0.2) is 42.7 Å². The Morgan fingerprint density at radius 1 is 1.17 bits per heavy atom. The van der Waals surface area contributed by atoms with E-state index in [0.29, 0.717) is 13.0 Å². The van der Waals surface area contributed by atoms with Gasteiger partial charge in [0.2, 0.25) is 5.91 Å². The molecule has 2 aromatic heterocycles. The first-order valence-electron chi connectivity index (χ1n) is 8.26. The van der Waals surface area contributed by atoms with E-state index in [1.807, 2.05) is 37.4 Å². The molecule has 0 aliphatic heterocycles. The zero-order chi connectivity index (χ0) is 16.9.